The molecule has 1 aliphatic heterocycles. The van der Waals surface area contributed by atoms with Crippen LogP contribution in [0.2, 0.25) is 0 Å². The number of nitrogens with one attached hydrogen (secondary N) is 1. The second-order valence-electron chi connectivity index (χ2n) is 8.11. The fourth-order valence-electron chi connectivity index (χ4n) is 4.42. The molecule has 4 rings (SSSR count). The predicted octanol–water partition coefficient (Wildman–Crippen LogP) is 3.36. The predicted molar refractivity (Wildman–Crippen MR) is 108 cm³/mol. The zero-order chi connectivity index (χ0) is 21.4. The van der Waals surface area contributed by atoms with Crippen molar-refractivity contribution in [2.45, 2.75) is 48.5 Å². The van der Waals surface area contributed by atoms with Crippen molar-refractivity contribution in [3.05, 3.63) is 65.7 Å². The van der Waals surface area contributed by atoms with Crippen LogP contribution in [0.15, 0.2) is 53.4 Å². The van der Waals surface area contributed by atoms with E-state index in [1.807, 2.05) is 0 Å². The quantitative estimate of drug-likeness (QED) is 0.785. The number of hydrogen-bond acceptors (Lipinski definition) is 3. The maximum atomic E-state index is 13.8. The highest BCUT2D eigenvalue weighted by molar-refractivity contribution is 7.89. The number of amides is 1. The third kappa shape index (κ3) is 3.98. The van der Waals surface area contributed by atoms with E-state index in [0.717, 1.165) is 12.5 Å². The van der Waals surface area contributed by atoms with Crippen LogP contribution in [0, 0.1) is 11.6 Å². The number of piperidine rings is 1. The Balaban J connectivity index is 1.50. The van der Waals surface area contributed by atoms with Gasteiger partial charge in [-0.05, 0) is 61.6 Å². The number of hydrogen-bond donors (Lipinski definition) is 1. The van der Waals surface area contributed by atoms with E-state index in [2.05, 4.69) is 4.72 Å². The van der Waals surface area contributed by atoms with Crippen LogP contribution in [0.25, 0.3) is 0 Å². The Morgan fingerprint density at radius 3 is 2.37 bits per heavy atom. The Hall–Kier alpha value is -2.32. The third-order valence-electron chi connectivity index (χ3n) is 6.13. The number of carbonyl (C=O) groups is 1. The average molecular weight is 435 g/mol. The fraction of sp³-hybridized carbons (Fsp3) is 0.409. The minimum atomic E-state index is -3.89. The highest BCUT2D eigenvalue weighted by atomic mass is 32.2. The van der Waals surface area contributed by atoms with E-state index in [0.29, 0.717) is 37.8 Å². The topological polar surface area (TPSA) is 66.5 Å². The zero-order valence-electron chi connectivity index (χ0n) is 16.5. The molecular weight excluding hydrogens is 410 g/mol. The molecule has 2 fully saturated rings. The summed E-state index contributed by atoms with van der Waals surface area (Å²) in [5, 5.41) is 0. The first-order valence-electron chi connectivity index (χ1n) is 10.1. The van der Waals surface area contributed by atoms with Gasteiger partial charge in [0, 0.05) is 19.1 Å². The van der Waals surface area contributed by atoms with E-state index in [4.69, 9.17) is 0 Å². The van der Waals surface area contributed by atoms with Gasteiger partial charge in [-0.25, -0.2) is 21.9 Å². The van der Waals surface area contributed by atoms with Crippen LogP contribution >= 0.6 is 0 Å². The molecule has 1 N–H and O–H groups in total. The summed E-state index contributed by atoms with van der Waals surface area (Å²) in [6.07, 6.45) is 3.45. The molecule has 160 valence electrons. The number of sulfonamides is 1. The van der Waals surface area contributed by atoms with E-state index < -0.39 is 27.3 Å². The Labute approximate surface area is 175 Å². The number of halogens is 2. The summed E-state index contributed by atoms with van der Waals surface area (Å²) in [5.41, 5.74) is -0.0491. The lowest BCUT2D eigenvalue weighted by Crippen LogP contribution is -2.56. The Bertz CT molecular complexity index is 1050. The number of benzene rings is 2. The first kappa shape index (κ1) is 20.9. The molecule has 1 amide bonds. The molecular formula is C22H24F2N2O3S. The molecule has 1 saturated heterocycles. The summed E-state index contributed by atoms with van der Waals surface area (Å²) in [4.78, 5) is 15.0. The molecule has 2 aliphatic rings. The molecule has 1 saturated carbocycles. The van der Waals surface area contributed by atoms with E-state index in [1.54, 1.807) is 17.0 Å². The average Bonchev–Trinajstić information content (AvgIpc) is 2.67. The number of likely N-dealkylation sites (tertiary alicyclic amines) is 1. The number of carbonyl (C=O) groups excluding carboxylic acids is 1. The molecule has 8 heteroatoms. The SMILES string of the molecule is O=C(N1CCCC(NS(=O)(=O)c2cccc(F)c2)C1)C1(c2cccc(F)c2)CCC1. The van der Waals surface area contributed by atoms with Crippen LogP contribution in [0.3, 0.4) is 0 Å². The fourth-order valence-corrected chi connectivity index (χ4v) is 5.72. The summed E-state index contributed by atoms with van der Waals surface area (Å²) in [6, 6.07) is 10.6. The Morgan fingerprint density at radius 1 is 1.03 bits per heavy atom. The standard InChI is InChI=1S/C22H24F2N2O3S/c23-17-6-1-5-16(13-17)22(10-4-11-22)21(27)26-12-3-8-19(15-26)25-30(28,29)20-9-2-7-18(24)14-20/h1-2,5-7,9,13-14,19,25H,3-4,8,10-12,15H2. The van der Waals surface area contributed by atoms with Gasteiger partial charge in [-0.3, -0.25) is 4.79 Å². The highest BCUT2D eigenvalue weighted by Crippen LogP contribution is 2.45. The zero-order valence-corrected chi connectivity index (χ0v) is 17.3. The van der Waals surface area contributed by atoms with Gasteiger partial charge in [0.1, 0.15) is 11.6 Å². The van der Waals surface area contributed by atoms with Crippen molar-refractivity contribution < 1.29 is 22.0 Å². The summed E-state index contributed by atoms with van der Waals surface area (Å²) in [7, 11) is -3.89. The largest absolute Gasteiger partial charge is 0.340 e. The molecule has 1 atom stereocenters. The van der Waals surface area contributed by atoms with Gasteiger partial charge < -0.3 is 4.90 Å². The smallest absolute Gasteiger partial charge is 0.240 e. The van der Waals surface area contributed by atoms with Gasteiger partial charge in [0.25, 0.3) is 0 Å². The first-order chi connectivity index (χ1) is 14.3. The van der Waals surface area contributed by atoms with Crippen molar-refractivity contribution >= 4 is 15.9 Å². The molecule has 2 aromatic rings. The van der Waals surface area contributed by atoms with Gasteiger partial charge in [0.2, 0.25) is 15.9 Å². The van der Waals surface area contributed by atoms with Crippen molar-refractivity contribution in [3.63, 3.8) is 0 Å². The van der Waals surface area contributed by atoms with Crippen molar-refractivity contribution in [1.82, 2.24) is 9.62 Å². The molecule has 0 radical (unpaired) electrons. The second kappa shape index (κ2) is 8.07. The molecule has 1 aliphatic carbocycles. The molecule has 30 heavy (non-hydrogen) atoms. The van der Waals surface area contributed by atoms with Crippen molar-refractivity contribution in [2.75, 3.05) is 13.1 Å². The van der Waals surface area contributed by atoms with E-state index in [1.165, 1.54) is 30.3 Å². The lowest BCUT2D eigenvalue weighted by molar-refractivity contribution is -0.142. The van der Waals surface area contributed by atoms with Crippen LogP contribution in [0.1, 0.15) is 37.7 Å². The molecule has 5 nitrogen and oxygen atoms in total. The molecule has 0 aromatic heterocycles. The third-order valence-corrected chi connectivity index (χ3v) is 7.65. The maximum absolute atomic E-state index is 13.8. The summed E-state index contributed by atoms with van der Waals surface area (Å²) < 4.78 is 55.1. The number of rotatable bonds is 5. The summed E-state index contributed by atoms with van der Waals surface area (Å²) >= 11 is 0. The van der Waals surface area contributed by atoms with Gasteiger partial charge >= 0.3 is 0 Å². The van der Waals surface area contributed by atoms with Crippen LogP contribution < -0.4 is 4.72 Å². The molecule has 1 heterocycles. The van der Waals surface area contributed by atoms with Gasteiger partial charge in [-0.15, -0.1) is 0 Å². The lowest BCUT2D eigenvalue weighted by Gasteiger charge is -2.46. The summed E-state index contributed by atoms with van der Waals surface area (Å²) in [6.45, 7) is 0.776. The van der Waals surface area contributed by atoms with Crippen molar-refractivity contribution in [2.24, 2.45) is 0 Å². The van der Waals surface area contributed by atoms with Crippen LogP contribution in [0.5, 0.6) is 0 Å². The monoisotopic (exact) mass is 434 g/mol. The Morgan fingerprint density at radius 2 is 1.73 bits per heavy atom. The minimum absolute atomic E-state index is 0.0750. The Kier molecular flexibility index (Phi) is 5.63. The van der Waals surface area contributed by atoms with Crippen molar-refractivity contribution in [1.29, 1.82) is 0 Å². The molecule has 2 aromatic carbocycles. The van der Waals surface area contributed by atoms with Crippen LogP contribution in [-0.4, -0.2) is 38.4 Å². The van der Waals surface area contributed by atoms with Gasteiger partial charge in [-0.2, -0.15) is 0 Å². The molecule has 0 spiro atoms. The normalized spacial score (nSPS) is 21.1. The van der Waals surface area contributed by atoms with Gasteiger partial charge in [0.05, 0.1) is 10.3 Å². The van der Waals surface area contributed by atoms with Crippen LogP contribution in [-0.2, 0) is 20.2 Å². The van der Waals surface area contributed by atoms with Gasteiger partial charge in [-0.1, -0.05) is 24.6 Å². The minimum Gasteiger partial charge on any atom is -0.340 e. The highest BCUT2D eigenvalue weighted by Gasteiger charge is 2.48. The lowest BCUT2D eigenvalue weighted by atomic mass is 9.63. The van der Waals surface area contributed by atoms with E-state index >= 15 is 0 Å². The number of nitrogens with zero attached hydrogens (tertiary/aromatic N) is 1. The second-order valence-corrected chi connectivity index (χ2v) is 9.83. The van der Waals surface area contributed by atoms with Crippen molar-refractivity contribution in [3.8, 4) is 0 Å². The first-order valence-corrected chi connectivity index (χ1v) is 11.6. The van der Waals surface area contributed by atoms with E-state index in [-0.39, 0.29) is 23.2 Å². The molecule has 0 bridgehead atoms. The van der Waals surface area contributed by atoms with Gasteiger partial charge in [0.15, 0.2) is 0 Å². The van der Waals surface area contributed by atoms with Crippen LogP contribution in [0.4, 0.5) is 8.78 Å². The summed E-state index contributed by atoms with van der Waals surface area (Å²) in [5.74, 6) is -1.07. The maximum Gasteiger partial charge on any atom is 0.240 e. The molecule has 1 unspecified atom stereocenters. The van der Waals surface area contributed by atoms with E-state index in [9.17, 15) is 22.0 Å².